The molecule has 1 heterocycles. The second-order valence-corrected chi connectivity index (χ2v) is 4.73. The summed E-state index contributed by atoms with van der Waals surface area (Å²) in [7, 11) is 0. The van der Waals surface area contributed by atoms with Gasteiger partial charge in [0.1, 0.15) is 11.9 Å². The number of carbonyl (C=O) groups is 2. The van der Waals surface area contributed by atoms with Crippen molar-refractivity contribution in [2.45, 2.75) is 18.6 Å². The van der Waals surface area contributed by atoms with Gasteiger partial charge in [-0.3, -0.25) is 4.79 Å². The molecule has 5 nitrogen and oxygen atoms in total. The topological polar surface area (TPSA) is 77.8 Å². The molecule has 1 aliphatic rings. The number of carboxylic acids is 1. The van der Waals surface area contributed by atoms with Gasteiger partial charge < -0.3 is 15.1 Å². The van der Waals surface area contributed by atoms with Crippen molar-refractivity contribution in [3.05, 3.63) is 34.6 Å². The van der Waals surface area contributed by atoms with E-state index in [1.54, 1.807) is 0 Å². The van der Waals surface area contributed by atoms with Crippen molar-refractivity contribution in [3.8, 4) is 0 Å². The second-order valence-electron chi connectivity index (χ2n) is 4.33. The van der Waals surface area contributed by atoms with Crippen LogP contribution in [-0.4, -0.2) is 45.7 Å². The maximum absolute atomic E-state index is 12.9. The lowest BCUT2D eigenvalue weighted by molar-refractivity contribution is -0.141. The molecule has 0 aliphatic carbocycles. The normalized spacial score (nSPS) is 22.6. The van der Waals surface area contributed by atoms with Crippen LogP contribution in [0.5, 0.6) is 0 Å². The average Bonchev–Trinajstić information content (AvgIpc) is 2.70. The van der Waals surface area contributed by atoms with Crippen molar-refractivity contribution in [2.75, 3.05) is 6.54 Å². The number of aliphatic hydroxyl groups excluding tert-OH is 1. The Morgan fingerprint density at radius 2 is 2.11 bits per heavy atom. The van der Waals surface area contributed by atoms with Crippen LogP contribution < -0.4 is 0 Å². The third-order valence-electron chi connectivity index (χ3n) is 2.99. The molecule has 1 aliphatic heterocycles. The summed E-state index contributed by atoms with van der Waals surface area (Å²) < 4.78 is 12.9. The molecule has 2 atom stereocenters. The number of β-amino-alcohol motifs (C(OH)–C–C–N with tert-alkyl or cyclic N) is 1. The Morgan fingerprint density at radius 1 is 1.42 bits per heavy atom. The summed E-state index contributed by atoms with van der Waals surface area (Å²) in [5.74, 6) is -2.41. The molecule has 1 amide bonds. The molecule has 1 aromatic rings. The molecule has 2 rings (SSSR count). The van der Waals surface area contributed by atoms with Gasteiger partial charge in [0.2, 0.25) is 0 Å². The van der Waals surface area contributed by atoms with E-state index < -0.39 is 29.8 Å². The maximum atomic E-state index is 12.9. The van der Waals surface area contributed by atoms with Gasteiger partial charge in [0.25, 0.3) is 5.91 Å². The molecule has 102 valence electrons. The molecule has 7 heteroatoms. The van der Waals surface area contributed by atoms with E-state index in [2.05, 4.69) is 0 Å². The molecule has 0 bridgehead atoms. The fourth-order valence-corrected chi connectivity index (χ4v) is 2.34. The van der Waals surface area contributed by atoms with E-state index in [9.17, 15) is 19.1 Å². The summed E-state index contributed by atoms with van der Waals surface area (Å²) in [5.41, 5.74) is 0.0171. The Bertz CT molecular complexity index is 536. The largest absolute Gasteiger partial charge is 0.480 e. The molecule has 0 saturated carbocycles. The van der Waals surface area contributed by atoms with Crippen molar-refractivity contribution in [3.63, 3.8) is 0 Å². The predicted octanol–water partition coefficient (Wildman–Crippen LogP) is 1.14. The number of hydrogen-bond acceptors (Lipinski definition) is 3. The van der Waals surface area contributed by atoms with Gasteiger partial charge in [-0.25, -0.2) is 9.18 Å². The van der Waals surface area contributed by atoms with E-state index in [0.29, 0.717) is 0 Å². The highest BCUT2D eigenvalue weighted by atomic mass is 35.5. The molecule has 0 radical (unpaired) electrons. The van der Waals surface area contributed by atoms with E-state index in [1.165, 1.54) is 6.07 Å². The molecule has 1 aromatic carbocycles. The lowest BCUT2D eigenvalue weighted by atomic mass is 10.1. The number of aliphatic carboxylic acids is 1. The van der Waals surface area contributed by atoms with Crippen molar-refractivity contribution in [2.24, 2.45) is 0 Å². The van der Waals surface area contributed by atoms with Crippen LogP contribution in [0.15, 0.2) is 18.2 Å². The Labute approximate surface area is 113 Å². The number of amides is 1. The number of rotatable bonds is 2. The van der Waals surface area contributed by atoms with Gasteiger partial charge >= 0.3 is 5.97 Å². The molecule has 1 saturated heterocycles. The number of halogens is 2. The maximum Gasteiger partial charge on any atom is 0.326 e. The lowest BCUT2D eigenvalue weighted by Crippen LogP contribution is -2.40. The number of carboxylic acid groups (broad SMARTS) is 1. The van der Waals surface area contributed by atoms with Crippen LogP contribution in [0, 0.1) is 5.82 Å². The number of nitrogens with zero attached hydrogens (tertiary/aromatic N) is 1. The predicted molar refractivity (Wildman–Crippen MR) is 64.5 cm³/mol. The Hall–Kier alpha value is -1.66. The van der Waals surface area contributed by atoms with Crippen molar-refractivity contribution < 1.29 is 24.2 Å². The van der Waals surface area contributed by atoms with E-state index in [4.69, 9.17) is 16.7 Å². The van der Waals surface area contributed by atoms with Crippen LogP contribution in [-0.2, 0) is 4.79 Å². The van der Waals surface area contributed by atoms with Crippen LogP contribution in [0.2, 0.25) is 5.02 Å². The van der Waals surface area contributed by atoms with E-state index >= 15 is 0 Å². The minimum Gasteiger partial charge on any atom is -0.480 e. The van der Waals surface area contributed by atoms with Crippen molar-refractivity contribution in [1.82, 2.24) is 4.90 Å². The molecular formula is C12H11ClFNO4. The van der Waals surface area contributed by atoms with Crippen LogP contribution in [0.1, 0.15) is 16.8 Å². The summed E-state index contributed by atoms with van der Waals surface area (Å²) in [4.78, 5) is 24.3. The van der Waals surface area contributed by atoms with Crippen molar-refractivity contribution >= 4 is 23.5 Å². The van der Waals surface area contributed by atoms with Gasteiger partial charge in [-0.05, 0) is 18.2 Å². The summed E-state index contributed by atoms with van der Waals surface area (Å²) in [6, 6.07) is 2.16. The molecule has 2 N–H and O–H groups in total. The van der Waals surface area contributed by atoms with E-state index in [1.807, 2.05) is 0 Å². The molecule has 1 fully saturated rings. The summed E-state index contributed by atoms with van der Waals surface area (Å²) in [5, 5.41) is 18.4. The van der Waals surface area contributed by atoms with E-state index in [0.717, 1.165) is 17.0 Å². The first kappa shape index (κ1) is 13.8. The Kier molecular flexibility index (Phi) is 3.73. The number of carbonyl (C=O) groups excluding carboxylic acids is 1. The first-order valence-electron chi connectivity index (χ1n) is 5.57. The Morgan fingerprint density at radius 3 is 2.68 bits per heavy atom. The molecule has 0 aromatic heterocycles. The van der Waals surface area contributed by atoms with Gasteiger partial charge in [-0.2, -0.15) is 0 Å². The zero-order valence-electron chi connectivity index (χ0n) is 9.72. The zero-order valence-corrected chi connectivity index (χ0v) is 10.5. The quantitative estimate of drug-likeness (QED) is 0.855. The first-order valence-corrected chi connectivity index (χ1v) is 5.95. The number of hydrogen-bond donors (Lipinski definition) is 2. The number of benzene rings is 1. The fourth-order valence-electron chi connectivity index (χ4n) is 2.09. The van der Waals surface area contributed by atoms with Crippen molar-refractivity contribution in [1.29, 1.82) is 0 Å². The van der Waals surface area contributed by atoms with Crippen LogP contribution >= 0.6 is 11.6 Å². The van der Waals surface area contributed by atoms with Crippen LogP contribution in [0.25, 0.3) is 0 Å². The van der Waals surface area contributed by atoms with Crippen LogP contribution in [0.4, 0.5) is 4.39 Å². The van der Waals surface area contributed by atoms with Gasteiger partial charge in [0.05, 0.1) is 16.7 Å². The van der Waals surface area contributed by atoms with Crippen LogP contribution in [0.3, 0.4) is 0 Å². The smallest absolute Gasteiger partial charge is 0.326 e. The molecule has 1 unspecified atom stereocenters. The number of likely N-dealkylation sites (tertiary alicyclic amines) is 1. The summed E-state index contributed by atoms with van der Waals surface area (Å²) in [6.45, 7) is -0.0799. The van der Waals surface area contributed by atoms with E-state index in [-0.39, 0.29) is 23.6 Å². The summed E-state index contributed by atoms with van der Waals surface area (Å²) in [6.07, 6.45) is -0.913. The zero-order chi connectivity index (χ0) is 14.2. The fraction of sp³-hybridized carbons (Fsp3) is 0.333. The highest BCUT2D eigenvalue weighted by Crippen LogP contribution is 2.24. The minimum atomic E-state index is -1.19. The SMILES string of the molecule is O=C(O)[C@@H]1CC(O)CN1C(=O)c1ccc(F)cc1Cl. The monoisotopic (exact) mass is 287 g/mol. The highest BCUT2D eigenvalue weighted by Gasteiger charge is 2.39. The first-order chi connectivity index (χ1) is 8.90. The van der Waals surface area contributed by atoms with Gasteiger partial charge in [0.15, 0.2) is 0 Å². The molecule has 19 heavy (non-hydrogen) atoms. The van der Waals surface area contributed by atoms with Gasteiger partial charge in [0, 0.05) is 13.0 Å². The Balaban J connectivity index is 2.30. The lowest BCUT2D eigenvalue weighted by Gasteiger charge is -2.21. The van der Waals surface area contributed by atoms with Gasteiger partial charge in [-0.15, -0.1) is 0 Å². The molecule has 0 spiro atoms. The third kappa shape index (κ3) is 2.69. The average molecular weight is 288 g/mol. The molecular weight excluding hydrogens is 277 g/mol. The standard InChI is InChI=1S/C12H11ClFNO4/c13-9-3-6(14)1-2-8(9)11(17)15-5-7(16)4-10(15)12(18)19/h1-3,7,10,16H,4-5H2,(H,18,19)/t7?,10-/m0/s1. The third-order valence-corrected chi connectivity index (χ3v) is 3.30. The number of aliphatic hydroxyl groups is 1. The minimum absolute atomic E-state index is 0.0171. The summed E-state index contributed by atoms with van der Waals surface area (Å²) >= 11 is 5.77. The second kappa shape index (κ2) is 5.14. The highest BCUT2D eigenvalue weighted by molar-refractivity contribution is 6.33. The van der Waals surface area contributed by atoms with Gasteiger partial charge in [-0.1, -0.05) is 11.6 Å².